The first-order valence-corrected chi connectivity index (χ1v) is 6.85. The quantitative estimate of drug-likeness (QED) is 0.493. The van der Waals surface area contributed by atoms with E-state index >= 15 is 0 Å². The summed E-state index contributed by atoms with van der Waals surface area (Å²) in [5.74, 6) is 5.97. The van der Waals surface area contributed by atoms with Crippen molar-refractivity contribution in [2.45, 2.75) is 13.3 Å². The summed E-state index contributed by atoms with van der Waals surface area (Å²) >= 11 is 0. The van der Waals surface area contributed by atoms with Gasteiger partial charge < -0.3 is 5.73 Å². The van der Waals surface area contributed by atoms with Crippen LogP contribution in [0.3, 0.4) is 0 Å². The first kappa shape index (κ1) is 14.7. The van der Waals surface area contributed by atoms with Gasteiger partial charge in [-0.15, -0.1) is 5.92 Å². The minimum atomic E-state index is 0.749. The Kier molecular flexibility index (Phi) is 4.64. The predicted molar refractivity (Wildman–Crippen MR) is 92.5 cm³/mol. The lowest BCUT2D eigenvalue weighted by atomic mass is 9.94. The third kappa shape index (κ3) is 3.64. The Hall–Kier alpha value is -2.72. The summed E-state index contributed by atoms with van der Waals surface area (Å²) in [4.78, 5) is 0. The van der Waals surface area contributed by atoms with Crippen molar-refractivity contribution < 1.29 is 0 Å². The van der Waals surface area contributed by atoms with Crippen LogP contribution >= 0.6 is 0 Å². The van der Waals surface area contributed by atoms with Crippen LogP contribution in [-0.4, -0.2) is 0 Å². The van der Waals surface area contributed by atoms with E-state index in [4.69, 9.17) is 5.73 Å². The van der Waals surface area contributed by atoms with Gasteiger partial charge in [-0.3, -0.25) is 0 Å². The molecule has 0 saturated carbocycles. The maximum atomic E-state index is 5.71. The first-order valence-electron chi connectivity index (χ1n) is 6.85. The van der Waals surface area contributed by atoms with Crippen LogP contribution in [-0.2, 0) is 6.42 Å². The third-order valence-electron chi connectivity index (χ3n) is 3.40. The lowest BCUT2D eigenvalue weighted by molar-refractivity contribution is 1.31. The van der Waals surface area contributed by atoms with E-state index in [1.807, 2.05) is 31.2 Å². The van der Waals surface area contributed by atoms with E-state index in [0.29, 0.717) is 0 Å². The van der Waals surface area contributed by atoms with Gasteiger partial charge in [0.25, 0.3) is 0 Å². The molecule has 0 atom stereocenters. The van der Waals surface area contributed by atoms with Crippen molar-refractivity contribution in [1.82, 2.24) is 0 Å². The molecule has 104 valence electrons. The average Bonchev–Trinajstić information content (AvgIpc) is 2.53. The molecule has 0 bridgehead atoms. The van der Waals surface area contributed by atoms with Crippen LogP contribution in [0.1, 0.15) is 23.6 Å². The van der Waals surface area contributed by atoms with E-state index in [9.17, 15) is 0 Å². The fraction of sp³-hybridized carbons (Fsp3) is 0.100. The maximum Gasteiger partial charge on any atom is 0.0340 e. The van der Waals surface area contributed by atoms with Crippen molar-refractivity contribution in [1.29, 1.82) is 0 Å². The second-order valence-electron chi connectivity index (χ2n) is 4.88. The van der Waals surface area contributed by atoms with E-state index in [1.54, 1.807) is 0 Å². The van der Waals surface area contributed by atoms with E-state index in [0.717, 1.165) is 34.4 Å². The molecule has 1 nitrogen and oxygen atoms in total. The van der Waals surface area contributed by atoms with Gasteiger partial charge >= 0.3 is 0 Å². The lowest BCUT2D eigenvalue weighted by Gasteiger charge is -2.11. The Morgan fingerprint density at radius 3 is 1.86 bits per heavy atom. The van der Waals surface area contributed by atoms with Gasteiger partial charge in [-0.05, 0) is 46.9 Å². The zero-order valence-corrected chi connectivity index (χ0v) is 12.3. The summed E-state index contributed by atoms with van der Waals surface area (Å²) in [7, 11) is 0. The molecule has 2 rings (SSSR count). The molecule has 0 aliphatic rings. The van der Waals surface area contributed by atoms with Crippen LogP contribution in [0.2, 0.25) is 0 Å². The van der Waals surface area contributed by atoms with Gasteiger partial charge in [-0.25, -0.2) is 0 Å². The Bertz CT molecular complexity index is 707. The number of hydrogen-bond acceptors (Lipinski definition) is 1. The molecule has 0 fully saturated rings. The molecule has 0 spiro atoms. The van der Waals surface area contributed by atoms with Crippen molar-refractivity contribution in [2.24, 2.45) is 0 Å². The van der Waals surface area contributed by atoms with Crippen molar-refractivity contribution in [3.05, 3.63) is 78.4 Å². The van der Waals surface area contributed by atoms with Gasteiger partial charge in [0.05, 0.1) is 0 Å². The summed E-state index contributed by atoms with van der Waals surface area (Å²) in [6.07, 6.45) is 0.780. The maximum absolute atomic E-state index is 5.71. The molecule has 21 heavy (non-hydrogen) atoms. The smallest absolute Gasteiger partial charge is 0.0340 e. The Morgan fingerprint density at radius 2 is 1.38 bits per heavy atom. The van der Waals surface area contributed by atoms with E-state index in [-0.39, 0.29) is 0 Å². The lowest BCUT2D eigenvalue weighted by Crippen LogP contribution is -1.90. The standard InChI is InChI=1S/C20H19N/c1-4-5-6-17-7-9-18(10-8-17)15(2)16(3)19-11-13-20(21)14-12-19/h7-14H,2-3,6,21H2,1H3. The molecule has 0 heterocycles. The van der Waals surface area contributed by atoms with Crippen LogP contribution in [0.25, 0.3) is 11.1 Å². The van der Waals surface area contributed by atoms with Gasteiger partial charge in [0, 0.05) is 12.1 Å². The van der Waals surface area contributed by atoms with Crippen LogP contribution in [0.15, 0.2) is 61.7 Å². The molecule has 1 heteroatoms. The molecule has 0 radical (unpaired) electrons. The van der Waals surface area contributed by atoms with E-state index in [2.05, 4.69) is 49.3 Å². The number of allylic oxidation sites excluding steroid dienone is 2. The zero-order valence-electron chi connectivity index (χ0n) is 12.3. The minimum Gasteiger partial charge on any atom is -0.399 e. The SMILES string of the molecule is C=C(C(=C)c1ccc(CC#CC)cc1)c1ccc(N)cc1. The minimum absolute atomic E-state index is 0.749. The van der Waals surface area contributed by atoms with E-state index < -0.39 is 0 Å². The molecular formula is C20H19N. The van der Waals surface area contributed by atoms with Crippen LogP contribution in [0.4, 0.5) is 5.69 Å². The summed E-state index contributed by atoms with van der Waals surface area (Å²) in [6, 6.07) is 16.0. The fourth-order valence-electron chi connectivity index (χ4n) is 2.05. The second-order valence-corrected chi connectivity index (χ2v) is 4.88. The third-order valence-corrected chi connectivity index (χ3v) is 3.40. The van der Waals surface area contributed by atoms with Gasteiger partial charge in [0.15, 0.2) is 0 Å². The fourth-order valence-corrected chi connectivity index (χ4v) is 2.05. The van der Waals surface area contributed by atoms with Crippen molar-refractivity contribution >= 4 is 16.8 Å². The Labute approximate surface area is 126 Å². The summed E-state index contributed by atoms with van der Waals surface area (Å²) < 4.78 is 0. The number of hydrogen-bond donors (Lipinski definition) is 1. The Morgan fingerprint density at radius 1 is 0.905 bits per heavy atom. The largest absolute Gasteiger partial charge is 0.399 e. The summed E-state index contributed by atoms with van der Waals surface area (Å²) in [6.45, 7) is 10.2. The summed E-state index contributed by atoms with van der Waals surface area (Å²) in [5, 5.41) is 0. The van der Waals surface area contributed by atoms with Crippen molar-refractivity contribution in [2.75, 3.05) is 5.73 Å². The number of rotatable bonds is 4. The molecule has 2 aromatic carbocycles. The van der Waals surface area contributed by atoms with Gasteiger partial charge in [-0.2, -0.15) is 0 Å². The molecule has 0 amide bonds. The molecule has 0 aromatic heterocycles. The Balaban J connectivity index is 2.17. The topological polar surface area (TPSA) is 26.0 Å². The highest BCUT2D eigenvalue weighted by Gasteiger charge is 2.06. The molecule has 0 saturated heterocycles. The number of nitrogens with two attached hydrogens (primary N) is 1. The highest BCUT2D eigenvalue weighted by molar-refractivity contribution is 6.03. The number of anilines is 1. The van der Waals surface area contributed by atoms with Gasteiger partial charge in [0.2, 0.25) is 0 Å². The molecule has 0 aliphatic carbocycles. The second kappa shape index (κ2) is 6.63. The normalized spacial score (nSPS) is 9.57. The predicted octanol–water partition coefficient (Wildman–Crippen LogP) is 4.56. The highest BCUT2D eigenvalue weighted by Crippen LogP contribution is 2.28. The number of nitrogen functional groups attached to an aromatic ring is 1. The van der Waals surface area contributed by atoms with E-state index in [1.165, 1.54) is 5.56 Å². The molecule has 2 N–H and O–H groups in total. The van der Waals surface area contributed by atoms with Crippen LogP contribution in [0, 0.1) is 11.8 Å². The monoisotopic (exact) mass is 273 g/mol. The average molecular weight is 273 g/mol. The van der Waals surface area contributed by atoms with Crippen molar-refractivity contribution in [3.8, 4) is 11.8 Å². The van der Waals surface area contributed by atoms with Crippen LogP contribution in [0.5, 0.6) is 0 Å². The molecule has 2 aromatic rings. The van der Waals surface area contributed by atoms with Crippen molar-refractivity contribution in [3.63, 3.8) is 0 Å². The van der Waals surface area contributed by atoms with Crippen LogP contribution < -0.4 is 5.73 Å². The number of benzene rings is 2. The molecular weight excluding hydrogens is 254 g/mol. The zero-order chi connectivity index (χ0) is 15.2. The highest BCUT2D eigenvalue weighted by atomic mass is 14.5. The van der Waals surface area contributed by atoms with Gasteiger partial charge in [-0.1, -0.05) is 55.5 Å². The molecule has 0 aliphatic heterocycles. The molecule has 0 unspecified atom stereocenters. The van der Waals surface area contributed by atoms with Gasteiger partial charge in [0.1, 0.15) is 0 Å². The summed E-state index contributed by atoms with van der Waals surface area (Å²) in [5.41, 5.74) is 11.6. The first-order chi connectivity index (χ1) is 10.1.